The van der Waals surface area contributed by atoms with Crippen molar-refractivity contribution in [3.8, 4) is 22.3 Å². The topological polar surface area (TPSA) is 182 Å². The summed E-state index contributed by atoms with van der Waals surface area (Å²) in [6.07, 6.45) is 13.5. The van der Waals surface area contributed by atoms with Crippen molar-refractivity contribution >= 4 is 50.6 Å². The van der Waals surface area contributed by atoms with Crippen LogP contribution in [-0.4, -0.2) is 72.2 Å². The second kappa shape index (κ2) is 18.3. The van der Waals surface area contributed by atoms with E-state index >= 15 is 0 Å². The Balaban J connectivity index is 0.000000180. The number of aryl methyl sites for hydroxylation is 3. The fraction of sp³-hybridized carbons (Fsp3) is 0.239. The number of halogens is 2. The molecule has 1 saturated carbocycles. The zero-order valence-electron chi connectivity index (χ0n) is 35.0. The van der Waals surface area contributed by atoms with Crippen LogP contribution in [0.5, 0.6) is 0 Å². The zero-order valence-corrected chi connectivity index (χ0v) is 36.5. The van der Waals surface area contributed by atoms with Gasteiger partial charge in [0.1, 0.15) is 50.8 Å². The number of aromatic nitrogens is 8. The maximum atomic E-state index is 14.4. The van der Waals surface area contributed by atoms with E-state index in [1.165, 1.54) is 12.1 Å². The van der Waals surface area contributed by atoms with E-state index in [2.05, 4.69) is 50.5 Å². The molecule has 0 unspecified atom stereocenters. The molecule has 320 valence electrons. The average molecular weight is 884 g/mol. The molecule has 0 spiro atoms. The maximum Gasteiger partial charge on any atom is 0.255 e. The first kappa shape index (κ1) is 42.9. The molecule has 1 saturated heterocycles. The summed E-state index contributed by atoms with van der Waals surface area (Å²) in [6, 6.07) is 17.0. The zero-order chi connectivity index (χ0) is 44.3. The molecule has 17 heteroatoms. The van der Waals surface area contributed by atoms with Gasteiger partial charge in [0.25, 0.3) is 5.91 Å². The van der Waals surface area contributed by atoms with Crippen molar-refractivity contribution < 1.29 is 17.6 Å². The summed E-state index contributed by atoms with van der Waals surface area (Å²) in [7, 11) is -4.00. The van der Waals surface area contributed by atoms with Gasteiger partial charge < -0.3 is 15.5 Å². The summed E-state index contributed by atoms with van der Waals surface area (Å²) in [5, 5.41) is 6.45. The van der Waals surface area contributed by atoms with Crippen LogP contribution in [0.15, 0.2) is 103 Å². The molecule has 0 atom stereocenters. The highest BCUT2D eigenvalue weighted by atomic mass is 35.5. The number of carbonyl (C=O) groups is 1. The summed E-state index contributed by atoms with van der Waals surface area (Å²) in [6.45, 7) is 8.83. The van der Waals surface area contributed by atoms with Crippen molar-refractivity contribution in [2.45, 2.75) is 63.5 Å². The molecule has 1 aromatic carbocycles. The number of carbonyl (C=O) groups excluding carboxylic acids is 1. The van der Waals surface area contributed by atoms with Gasteiger partial charge in [-0.25, -0.2) is 47.7 Å². The second-order valence-electron chi connectivity index (χ2n) is 15.4. The quantitative estimate of drug-likeness (QED) is 0.118. The number of rotatable bonds is 11. The summed E-state index contributed by atoms with van der Waals surface area (Å²) in [5.41, 5.74) is 6.29. The van der Waals surface area contributed by atoms with E-state index in [9.17, 15) is 17.6 Å². The first-order valence-corrected chi connectivity index (χ1v) is 22.3. The standard InChI is InChI=1S/C26H23ClFN5O2S.C20H20N6O/c1-15-3-6-22(21(28)11-15)36(34,35)14-20-16(2)19(13-31-25(20)27)18-7-9-29-24(12-18)32-23-8-10-30-26(33-23)17-4-5-17;1-13-17(20(27)26-8-3-9-26)10-16(12-23-13)15-4-6-22-19(11-15)25-18-5-7-21-14(2)24-18/h3,6-13,17H,4-5,14H2,1-2H3,(H,29,30,32,33);4-7,10-12H,3,8-9H2,1-2H3,(H,21,22,24,25). The largest absolute Gasteiger partial charge is 0.338 e. The van der Waals surface area contributed by atoms with E-state index in [1.54, 1.807) is 75.3 Å². The van der Waals surface area contributed by atoms with Crippen LogP contribution >= 0.6 is 11.6 Å². The smallest absolute Gasteiger partial charge is 0.255 e. The van der Waals surface area contributed by atoms with Gasteiger partial charge in [-0.1, -0.05) is 17.7 Å². The van der Waals surface area contributed by atoms with Gasteiger partial charge in [-0.05, 0) is 124 Å². The van der Waals surface area contributed by atoms with E-state index in [4.69, 9.17) is 11.6 Å². The Morgan fingerprint density at radius 2 is 1.41 bits per heavy atom. The minimum Gasteiger partial charge on any atom is -0.338 e. The second-order valence-corrected chi connectivity index (χ2v) is 17.8. The Kier molecular flexibility index (Phi) is 12.4. The van der Waals surface area contributed by atoms with Crippen molar-refractivity contribution in [2.75, 3.05) is 23.7 Å². The maximum absolute atomic E-state index is 14.4. The predicted molar refractivity (Wildman–Crippen MR) is 239 cm³/mol. The molecule has 14 nitrogen and oxygen atoms in total. The number of hydrogen-bond donors (Lipinski definition) is 2. The molecule has 2 fully saturated rings. The summed E-state index contributed by atoms with van der Waals surface area (Å²) >= 11 is 6.32. The Morgan fingerprint density at radius 1 is 0.746 bits per heavy atom. The molecule has 1 aliphatic heterocycles. The van der Waals surface area contributed by atoms with Gasteiger partial charge in [0, 0.05) is 72.9 Å². The first-order valence-electron chi connectivity index (χ1n) is 20.3. The minimum absolute atomic E-state index is 0.0527. The molecule has 6 aromatic heterocycles. The Hall–Kier alpha value is -6.78. The van der Waals surface area contributed by atoms with Crippen molar-refractivity contribution in [1.82, 2.24) is 44.8 Å². The molecular weight excluding hydrogens is 841 g/mol. The predicted octanol–water partition coefficient (Wildman–Crippen LogP) is 9.08. The SMILES string of the molecule is Cc1ccc(S(=O)(=O)Cc2c(Cl)ncc(-c3ccnc(Nc4ccnc(C5CC5)n4)c3)c2C)c(F)c1.Cc1nccc(Nc2cc(-c3cnc(C)c(C(=O)N4CCC4)c3)ccn2)n1. The molecule has 0 bridgehead atoms. The van der Waals surface area contributed by atoms with Crippen LogP contribution in [0.2, 0.25) is 5.15 Å². The van der Waals surface area contributed by atoms with E-state index in [0.717, 1.165) is 60.6 Å². The third kappa shape index (κ3) is 10.1. The van der Waals surface area contributed by atoms with Crippen molar-refractivity contribution in [3.63, 3.8) is 0 Å². The third-order valence-corrected chi connectivity index (χ3v) is 12.7. The first-order chi connectivity index (χ1) is 30.3. The number of sulfone groups is 1. The van der Waals surface area contributed by atoms with Gasteiger partial charge in [-0.3, -0.25) is 9.78 Å². The summed E-state index contributed by atoms with van der Waals surface area (Å²) in [5.74, 6) is 3.30. The number of nitrogens with zero attached hydrogens (tertiary/aromatic N) is 9. The molecule has 0 radical (unpaired) electrons. The van der Waals surface area contributed by atoms with Gasteiger partial charge in [-0.15, -0.1) is 0 Å². The number of anilines is 4. The molecule has 1 amide bonds. The molecule has 1 aliphatic carbocycles. The lowest BCUT2D eigenvalue weighted by Gasteiger charge is -2.31. The highest BCUT2D eigenvalue weighted by molar-refractivity contribution is 7.90. The average Bonchev–Trinajstić information content (AvgIpc) is 4.09. The lowest BCUT2D eigenvalue weighted by atomic mass is 10.0. The fourth-order valence-corrected chi connectivity index (χ4v) is 8.77. The van der Waals surface area contributed by atoms with Crippen LogP contribution in [0.4, 0.5) is 27.7 Å². The molecular formula is C46H43ClFN11O3S. The van der Waals surface area contributed by atoms with Crippen LogP contribution in [-0.2, 0) is 15.6 Å². The third-order valence-electron chi connectivity index (χ3n) is 10.7. The van der Waals surface area contributed by atoms with E-state index in [1.807, 2.05) is 43.0 Å². The highest BCUT2D eigenvalue weighted by Gasteiger charge is 2.27. The Bertz CT molecular complexity index is 2970. The fourth-order valence-electron chi connectivity index (χ4n) is 6.91. The molecule has 7 heterocycles. The van der Waals surface area contributed by atoms with Crippen LogP contribution in [0.25, 0.3) is 22.3 Å². The van der Waals surface area contributed by atoms with Gasteiger partial charge in [0.15, 0.2) is 9.84 Å². The Morgan fingerprint density at radius 3 is 2.08 bits per heavy atom. The van der Waals surface area contributed by atoms with E-state index in [-0.39, 0.29) is 16.0 Å². The van der Waals surface area contributed by atoms with Crippen molar-refractivity contribution in [1.29, 1.82) is 0 Å². The van der Waals surface area contributed by atoms with Crippen LogP contribution in [0.1, 0.15) is 69.6 Å². The summed E-state index contributed by atoms with van der Waals surface area (Å²) in [4.78, 5) is 48.8. The van der Waals surface area contributed by atoms with Gasteiger partial charge in [0.2, 0.25) is 0 Å². The number of amides is 1. The Labute approximate surface area is 369 Å². The number of nitrogens with one attached hydrogen (secondary N) is 2. The lowest BCUT2D eigenvalue weighted by Crippen LogP contribution is -2.42. The van der Waals surface area contributed by atoms with Crippen LogP contribution < -0.4 is 10.6 Å². The molecule has 2 N–H and O–H groups in total. The van der Waals surface area contributed by atoms with Crippen molar-refractivity contribution in [2.24, 2.45) is 0 Å². The van der Waals surface area contributed by atoms with E-state index < -0.39 is 21.4 Å². The number of hydrogen-bond acceptors (Lipinski definition) is 13. The molecule has 9 rings (SSSR count). The highest BCUT2D eigenvalue weighted by Crippen LogP contribution is 2.38. The lowest BCUT2D eigenvalue weighted by molar-refractivity contribution is 0.0650. The van der Waals surface area contributed by atoms with Crippen molar-refractivity contribution in [3.05, 3.63) is 148 Å². The van der Waals surface area contributed by atoms with Gasteiger partial charge in [-0.2, -0.15) is 0 Å². The van der Waals surface area contributed by atoms with Crippen LogP contribution in [0.3, 0.4) is 0 Å². The van der Waals surface area contributed by atoms with Crippen LogP contribution in [0, 0.1) is 33.5 Å². The normalized spacial score (nSPS) is 13.4. The number of pyridine rings is 4. The molecule has 7 aromatic rings. The minimum atomic E-state index is -4.00. The summed E-state index contributed by atoms with van der Waals surface area (Å²) < 4.78 is 40.6. The molecule has 63 heavy (non-hydrogen) atoms. The number of likely N-dealkylation sites (tertiary alicyclic amines) is 1. The monoisotopic (exact) mass is 883 g/mol. The van der Waals surface area contributed by atoms with Gasteiger partial charge in [0.05, 0.1) is 17.0 Å². The van der Waals surface area contributed by atoms with E-state index in [0.29, 0.717) is 62.8 Å². The van der Waals surface area contributed by atoms with Gasteiger partial charge >= 0.3 is 0 Å². The molecule has 2 aliphatic rings. The number of benzene rings is 1.